The number of carbonyl (C=O) groups excluding carboxylic acids is 1. The van der Waals surface area contributed by atoms with Crippen molar-refractivity contribution < 1.29 is 4.79 Å². The molecule has 2 aromatic carbocycles. The minimum Gasteiger partial charge on any atom is -0.319 e. The van der Waals surface area contributed by atoms with Crippen molar-refractivity contribution in [3.8, 4) is 0 Å². The number of carbonyl (C=O) groups is 1. The highest BCUT2D eigenvalue weighted by Crippen LogP contribution is 2.03. The number of benzene rings is 2. The van der Waals surface area contributed by atoms with Crippen molar-refractivity contribution in [2.24, 2.45) is 0 Å². The van der Waals surface area contributed by atoms with Crippen LogP contribution in [-0.2, 0) is 4.79 Å². The Balaban J connectivity index is 1.97. The van der Waals surface area contributed by atoms with Crippen molar-refractivity contribution in [2.45, 2.75) is 0 Å². The smallest absolute Gasteiger partial charge is 0.0684 e. The van der Waals surface area contributed by atoms with E-state index in [1.165, 1.54) is 6.08 Å². The van der Waals surface area contributed by atoms with Crippen molar-refractivity contribution in [1.29, 1.82) is 0 Å². The second kappa shape index (κ2) is 6.36. The van der Waals surface area contributed by atoms with Gasteiger partial charge in [0.15, 0.2) is 0 Å². The Kier molecular flexibility index (Phi) is 4.26. The molecule has 0 aromatic heterocycles. The number of hydrogen-bond donors (Lipinski definition) is 0. The lowest BCUT2D eigenvalue weighted by atomic mass is 10.1. The highest BCUT2D eigenvalue weighted by atomic mass is 16.1. The molecule has 2 rings (SSSR count). The molecule has 18 heavy (non-hydrogen) atoms. The van der Waals surface area contributed by atoms with Crippen LogP contribution in [0.1, 0.15) is 11.1 Å². The van der Waals surface area contributed by atoms with Gasteiger partial charge in [0.1, 0.15) is 0 Å². The van der Waals surface area contributed by atoms with E-state index in [-0.39, 0.29) is 5.78 Å². The molecule has 0 N–H and O–H groups in total. The monoisotopic (exact) mass is 233 g/mol. The average Bonchev–Trinajstić information content (AvgIpc) is 2.45. The third-order valence-electron chi connectivity index (χ3n) is 2.41. The Bertz CT molecular complexity index is 499. The molecule has 0 saturated carbocycles. The van der Waals surface area contributed by atoms with Gasteiger partial charge in [0.25, 0.3) is 0 Å². The summed E-state index contributed by atoms with van der Waals surface area (Å²) in [5.74, 6) is -0.136. The van der Waals surface area contributed by atoms with Crippen LogP contribution >= 0.6 is 0 Å². The third kappa shape index (κ3) is 3.87. The van der Waals surface area contributed by atoms with E-state index in [2.05, 4.69) is 6.08 Å². The maximum absolute atomic E-state index is 11.6. The van der Waals surface area contributed by atoms with E-state index in [4.69, 9.17) is 0 Å². The Morgan fingerprint density at radius 3 is 2.00 bits per heavy atom. The van der Waals surface area contributed by atoms with E-state index in [0.717, 1.165) is 11.1 Å². The Labute approximate surface area is 107 Å². The molecule has 0 fully saturated rings. The van der Waals surface area contributed by atoms with E-state index in [0.29, 0.717) is 0 Å². The lowest BCUT2D eigenvalue weighted by molar-refractivity contribution is -0.110. The highest BCUT2D eigenvalue weighted by molar-refractivity contribution is 6.01. The Morgan fingerprint density at radius 2 is 1.39 bits per heavy atom. The lowest BCUT2D eigenvalue weighted by Gasteiger charge is -1.98. The summed E-state index contributed by atoms with van der Waals surface area (Å²) < 4.78 is 0. The van der Waals surface area contributed by atoms with Crippen molar-refractivity contribution in [3.05, 3.63) is 83.9 Å². The van der Waals surface area contributed by atoms with Gasteiger partial charge in [-0.15, -0.1) is 35.9 Å². The fourth-order valence-corrected chi connectivity index (χ4v) is 1.49. The molecule has 0 radical (unpaired) electrons. The molecule has 0 aliphatic heterocycles. The molecule has 0 bridgehead atoms. The second-order valence-electron chi connectivity index (χ2n) is 3.81. The van der Waals surface area contributed by atoms with Crippen LogP contribution < -0.4 is 0 Å². The summed E-state index contributed by atoms with van der Waals surface area (Å²) in [5, 5.41) is 0. The molecule has 0 aliphatic carbocycles. The molecule has 0 saturated heterocycles. The largest absolute Gasteiger partial charge is 0.319 e. The van der Waals surface area contributed by atoms with Crippen molar-refractivity contribution >= 4 is 17.9 Å². The molecule has 88 valence electrons. The quantitative estimate of drug-likeness (QED) is 0.580. The molecular weight excluding hydrogens is 220 g/mol. The first-order chi connectivity index (χ1) is 8.84. The van der Waals surface area contributed by atoms with Crippen LogP contribution in [0, 0.1) is 6.08 Å². The zero-order valence-corrected chi connectivity index (χ0v) is 9.91. The first-order valence-corrected chi connectivity index (χ1v) is 5.76. The van der Waals surface area contributed by atoms with Crippen molar-refractivity contribution in [3.63, 3.8) is 0 Å². The molecule has 0 atom stereocenters. The molecule has 2 aromatic rings. The van der Waals surface area contributed by atoms with E-state index in [1.54, 1.807) is 12.2 Å². The first-order valence-electron chi connectivity index (χ1n) is 5.76. The fourth-order valence-electron chi connectivity index (χ4n) is 1.49. The topological polar surface area (TPSA) is 17.1 Å². The summed E-state index contributed by atoms with van der Waals surface area (Å²) in [7, 11) is 0. The summed E-state index contributed by atoms with van der Waals surface area (Å²) >= 11 is 0. The minimum atomic E-state index is -0.136. The number of allylic oxidation sites excluding steroid dienone is 2. The third-order valence-corrected chi connectivity index (χ3v) is 2.41. The van der Waals surface area contributed by atoms with Gasteiger partial charge in [-0.2, -0.15) is 6.08 Å². The van der Waals surface area contributed by atoms with E-state index >= 15 is 0 Å². The van der Waals surface area contributed by atoms with Gasteiger partial charge in [0.05, 0.1) is 5.78 Å². The van der Waals surface area contributed by atoms with Gasteiger partial charge < -0.3 is 4.79 Å². The van der Waals surface area contributed by atoms with E-state index in [1.807, 2.05) is 60.7 Å². The van der Waals surface area contributed by atoms with Crippen LogP contribution in [0.3, 0.4) is 0 Å². The summed E-state index contributed by atoms with van der Waals surface area (Å²) in [6, 6.07) is 19.4. The SMILES string of the molecule is O=C([C-]=Cc1ccccc1)C=Cc1ccccc1. The Hall–Kier alpha value is -2.41. The fraction of sp³-hybridized carbons (Fsp3) is 0. The van der Waals surface area contributed by atoms with Crippen LogP contribution in [0.4, 0.5) is 0 Å². The molecule has 0 spiro atoms. The normalized spacial score (nSPS) is 11.1. The summed E-state index contributed by atoms with van der Waals surface area (Å²) in [6.07, 6.45) is 7.72. The molecule has 0 amide bonds. The van der Waals surface area contributed by atoms with Crippen LogP contribution in [0.5, 0.6) is 0 Å². The predicted octanol–water partition coefficient (Wildman–Crippen LogP) is 3.79. The summed E-state index contributed by atoms with van der Waals surface area (Å²) in [5.41, 5.74) is 1.98. The van der Waals surface area contributed by atoms with Gasteiger partial charge in [-0.1, -0.05) is 48.5 Å². The van der Waals surface area contributed by atoms with E-state index in [9.17, 15) is 4.79 Å². The summed E-state index contributed by atoms with van der Waals surface area (Å²) in [6.45, 7) is 0. The van der Waals surface area contributed by atoms with Crippen molar-refractivity contribution in [2.75, 3.05) is 0 Å². The predicted molar refractivity (Wildman–Crippen MR) is 74.6 cm³/mol. The maximum Gasteiger partial charge on any atom is 0.0684 e. The number of ketones is 1. The minimum absolute atomic E-state index is 0.136. The average molecular weight is 233 g/mol. The maximum atomic E-state index is 11.6. The summed E-state index contributed by atoms with van der Waals surface area (Å²) in [4.78, 5) is 11.6. The molecule has 0 aliphatic rings. The van der Waals surface area contributed by atoms with Gasteiger partial charge in [0.2, 0.25) is 0 Å². The van der Waals surface area contributed by atoms with Crippen LogP contribution in [0.2, 0.25) is 0 Å². The van der Waals surface area contributed by atoms with Gasteiger partial charge >= 0.3 is 0 Å². The zero-order chi connectivity index (χ0) is 12.6. The van der Waals surface area contributed by atoms with E-state index < -0.39 is 0 Å². The van der Waals surface area contributed by atoms with Gasteiger partial charge in [-0.25, -0.2) is 0 Å². The highest BCUT2D eigenvalue weighted by Gasteiger charge is 1.83. The van der Waals surface area contributed by atoms with Crippen LogP contribution in [0.15, 0.2) is 66.7 Å². The molecule has 0 heterocycles. The zero-order valence-electron chi connectivity index (χ0n) is 9.91. The van der Waals surface area contributed by atoms with Crippen LogP contribution in [0.25, 0.3) is 12.2 Å². The lowest BCUT2D eigenvalue weighted by Crippen LogP contribution is -1.85. The molecule has 0 unspecified atom stereocenters. The van der Waals surface area contributed by atoms with Gasteiger partial charge in [0, 0.05) is 0 Å². The second-order valence-corrected chi connectivity index (χ2v) is 3.81. The van der Waals surface area contributed by atoms with Gasteiger partial charge in [-0.3, -0.25) is 0 Å². The van der Waals surface area contributed by atoms with Crippen LogP contribution in [-0.4, -0.2) is 5.78 Å². The van der Waals surface area contributed by atoms with Crippen molar-refractivity contribution in [1.82, 2.24) is 0 Å². The molecule has 1 nitrogen and oxygen atoms in total. The van der Waals surface area contributed by atoms with Gasteiger partial charge in [-0.05, 0) is 5.56 Å². The number of rotatable bonds is 4. The number of hydrogen-bond acceptors (Lipinski definition) is 1. The first kappa shape index (κ1) is 12.1. The molecule has 1 heteroatoms. The standard InChI is InChI=1S/C17H13O/c18-17(13-11-15-7-3-1-4-8-15)14-12-16-9-5-2-6-10-16/h1-13H/q-1. The Morgan fingerprint density at radius 1 is 0.833 bits per heavy atom. The molecular formula is C17H13O-.